The highest BCUT2D eigenvalue weighted by Crippen LogP contribution is 2.18. The number of sulfonamides is 1. The van der Waals surface area contributed by atoms with Gasteiger partial charge in [-0.2, -0.15) is 13.2 Å². The van der Waals surface area contributed by atoms with E-state index >= 15 is 0 Å². The highest BCUT2D eigenvalue weighted by atomic mass is 35.5. The fraction of sp³-hybridized carbons (Fsp3) is 0.500. The molecule has 0 aliphatic rings. The number of nitrogens with two attached hydrogens (primary N) is 1. The van der Waals surface area contributed by atoms with E-state index in [0.29, 0.717) is 0 Å². The molecule has 0 amide bonds. The average molecular weight is 350 g/mol. The van der Waals surface area contributed by atoms with Gasteiger partial charge in [-0.15, -0.1) is 12.4 Å². The fourth-order valence-electron chi connectivity index (χ4n) is 1.15. The van der Waals surface area contributed by atoms with Crippen LogP contribution in [0.15, 0.2) is 23.2 Å². The minimum Gasteiger partial charge on any atom is -0.468 e. The fourth-order valence-corrected chi connectivity index (χ4v) is 2.35. The Kier molecular flexibility index (Phi) is 7.37. The van der Waals surface area contributed by atoms with Crippen LogP contribution in [0.4, 0.5) is 13.2 Å². The molecule has 3 N–H and O–H groups in total. The van der Waals surface area contributed by atoms with Gasteiger partial charge in [-0.3, -0.25) is 0 Å². The number of hydrogen-bond donors (Lipinski definition) is 2. The van der Waals surface area contributed by atoms with Crippen LogP contribution in [-0.4, -0.2) is 38.8 Å². The van der Waals surface area contributed by atoms with Gasteiger partial charge in [0.1, 0.15) is 4.90 Å². The maximum atomic E-state index is 11.9. The van der Waals surface area contributed by atoms with E-state index in [-0.39, 0.29) is 29.7 Å². The Labute approximate surface area is 126 Å². The lowest BCUT2D eigenvalue weighted by atomic mass is 10.4. The van der Waals surface area contributed by atoms with Gasteiger partial charge in [-0.05, 0) is 13.0 Å². The van der Waals surface area contributed by atoms with E-state index in [1.54, 1.807) is 6.92 Å². The number of hydrogen-bond acceptors (Lipinski definition) is 5. The molecule has 6 nitrogen and oxygen atoms in total. The van der Waals surface area contributed by atoms with Crippen molar-refractivity contribution in [3.63, 3.8) is 0 Å². The van der Waals surface area contributed by atoms with Crippen molar-refractivity contribution < 1.29 is 26.3 Å². The van der Waals surface area contributed by atoms with Crippen molar-refractivity contribution >= 4 is 22.4 Å². The number of aromatic nitrogens is 1. The Bertz CT molecular complexity index is 537. The molecule has 1 heterocycles. The molecule has 122 valence electrons. The van der Waals surface area contributed by atoms with Gasteiger partial charge in [0.05, 0.1) is 6.20 Å². The molecule has 0 fully saturated rings. The Morgan fingerprint density at radius 3 is 2.48 bits per heavy atom. The van der Waals surface area contributed by atoms with Crippen molar-refractivity contribution in [2.45, 2.75) is 24.0 Å². The van der Waals surface area contributed by atoms with Crippen LogP contribution in [0.1, 0.15) is 6.92 Å². The molecule has 21 heavy (non-hydrogen) atoms. The van der Waals surface area contributed by atoms with Gasteiger partial charge in [0.15, 0.2) is 6.61 Å². The normalized spacial score (nSPS) is 13.4. The molecule has 0 aliphatic carbocycles. The van der Waals surface area contributed by atoms with Crippen LogP contribution < -0.4 is 15.2 Å². The summed E-state index contributed by atoms with van der Waals surface area (Å²) in [7, 11) is -3.80. The number of nitrogens with zero attached hydrogens (tertiary/aromatic N) is 1. The molecule has 1 aromatic heterocycles. The Hall–Kier alpha value is -1.10. The zero-order valence-corrected chi connectivity index (χ0v) is 12.6. The van der Waals surface area contributed by atoms with Crippen LogP contribution in [-0.2, 0) is 10.0 Å². The first-order valence-corrected chi connectivity index (χ1v) is 7.00. The van der Waals surface area contributed by atoms with E-state index in [1.165, 1.54) is 0 Å². The maximum Gasteiger partial charge on any atom is 0.422 e. The van der Waals surface area contributed by atoms with Gasteiger partial charge in [-0.25, -0.2) is 18.1 Å². The highest BCUT2D eigenvalue weighted by molar-refractivity contribution is 7.89. The summed E-state index contributed by atoms with van der Waals surface area (Å²) >= 11 is 0. The third kappa shape index (κ3) is 6.93. The Morgan fingerprint density at radius 2 is 2.05 bits per heavy atom. The van der Waals surface area contributed by atoms with E-state index in [1.807, 2.05) is 0 Å². The predicted molar refractivity (Wildman–Crippen MR) is 71.9 cm³/mol. The van der Waals surface area contributed by atoms with Gasteiger partial charge in [0.2, 0.25) is 15.9 Å². The lowest BCUT2D eigenvalue weighted by Crippen LogP contribution is -2.37. The number of nitrogens with one attached hydrogen (secondary N) is 1. The molecule has 0 bridgehead atoms. The number of alkyl halides is 3. The number of pyridine rings is 1. The number of rotatable bonds is 6. The van der Waals surface area contributed by atoms with Crippen molar-refractivity contribution in [3.8, 4) is 5.88 Å². The molecule has 0 unspecified atom stereocenters. The highest BCUT2D eigenvalue weighted by Gasteiger charge is 2.28. The first-order chi connectivity index (χ1) is 9.14. The summed E-state index contributed by atoms with van der Waals surface area (Å²) in [6.07, 6.45) is -3.57. The summed E-state index contributed by atoms with van der Waals surface area (Å²) in [6, 6.07) is 1.68. The second-order valence-corrected chi connectivity index (χ2v) is 5.71. The summed E-state index contributed by atoms with van der Waals surface area (Å²) < 4.78 is 66.0. The molecule has 0 saturated carbocycles. The van der Waals surface area contributed by atoms with Crippen molar-refractivity contribution in [2.75, 3.05) is 13.2 Å². The van der Waals surface area contributed by atoms with Crippen molar-refractivity contribution in [3.05, 3.63) is 18.3 Å². The van der Waals surface area contributed by atoms with Crippen LogP contribution >= 0.6 is 12.4 Å². The van der Waals surface area contributed by atoms with Crippen LogP contribution in [0.3, 0.4) is 0 Å². The first-order valence-electron chi connectivity index (χ1n) is 5.52. The zero-order valence-electron chi connectivity index (χ0n) is 10.9. The minimum atomic E-state index is -4.48. The molecule has 0 spiro atoms. The summed E-state index contributed by atoms with van der Waals surface area (Å²) in [6.45, 7) is 0.194. The second-order valence-electron chi connectivity index (χ2n) is 3.99. The molecule has 0 saturated heterocycles. The summed E-state index contributed by atoms with van der Waals surface area (Å²) in [5, 5.41) is 0. The predicted octanol–water partition coefficient (Wildman–Crippen LogP) is 1.07. The molecule has 1 aromatic rings. The first kappa shape index (κ1) is 19.9. The molecule has 0 aromatic carbocycles. The van der Waals surface area contributed by atoms with Crippen LogP contribution in [0, 0.1) is 0 Å². The van der Waals surface area contributed by atoms with E-state index < -0.39 is 28.8 Å². The van der Waals surface area contributed by atoms with Gasteiger partial charge in [-0.1, -0.05) is 0 Å². The van der Waals surface area contributed by atoms with Gasteiger partial charge in [0, 0.05) is 18.7 Å². The van der Waals surface area contributed by atoms with Gasteiger partial charge in [0.25, 0.3) is 0 Å². The summed E-state index contributed by atoms with van der Waals surface area (Å²) in [5.41, 5.74) is 5.29. The lowest BCUT2D eigenvalue weighted by Gasteiger charge is -2.12. The quantitative estimate of drug-likeness (QED) is 0.801. The zero-order chi connectivity index (χ0) is 15.4. The third-order valence-corrected chi connectivity index (χ3v) is 3.69. The maximum absolute atomic E-state index is 11.9. The molecule has 1 rings (SSSR count). The topological polar surface area (TPSA) is 94.3 Å². The monoisotopic (exact) mass is 349 g/mol. The average Bonchev–Trinajstić information content (AvgIpc) is 2.35. The SMILES string of the molecule is C[C@@H](CN)NS(=O)(=O)c1ccc(OCC(F)(F)F)nc1.Cl. The third-order valence-electron chi connectivity index (χ3n) is 2.11. The van der Waals surface area contributed by atoms with Crippen molar-refractivity contribution in [1.82, 2.24) is 9.71 Å². The smallest absolute Gasteiger partial charge is 0.422 e. The lowest BCUT2D eigenvalue weighted by molar-refractivity contribution is -0.154. The Morgan fingerprint density at radius 1 is 1.43 bits per heavy atom. The van der Waals surface area contributed by atoms with Crippen molar-refractivity contribution in [2.24, 2.45) is 5.73 Å². The summed E-state index contributed by atoms with van der Waals surface area (Å²) in [4.78, 5) is 3.33. The van der Waals surface area contributed by atoms with Crippen LogP contribution in [0.5, 0.6) is 5.88 Å². The van der Waals surface area contributed by atoms with E-state index in [2.05, 4.69) is 14.4 Å². The Balaban J connectivity index is 0.00000400. The number of halogens is 4. The van der Waals surface area contributed by atoms with Crippen molar-refractivity contribution in [1.29, 1.82) is 0 Å². The second kappa shape index (κ2) is 7.78. The molecule has 0 aliphatic heterocycles. The molecular formula is C10H15ClF3N3O3S. The van der Waals surface area contributed by atoms with Crippen LogP contribution in [0.25, 0.3) is 0 Å². The standard InChI is InChI=1S/C10H14F3N3O3S.ClH/c1-7(4-14)16-20(17,18)8-2-3-9(15-5-8)19-6-10(11,12)13;/h2-3,5,7,16H,4,6,14H2,1H3;1H/t7-;/m0./s1. The van der Waals surface area contributed by atoms with E-state index in [9.17, 15) is 21.6 Å². The summed E-state index contributed by atoms with van der Waals surface area (Å²) in [5.74, 6) is -0.312. The van der Waals surface area contributed by atoms with E-state index in [4.69, 9.17) is 5.73 Å². The molecule has 0 radical (unpaired) electrons. The van der Waals surface area contributed by atoms with Gasteiger partial charge < -0.3 is 10.5 Å². The molecular weight excluding hydrogens is 335 g/mol. The number of ether oxygens (including phenoxy) is 1. The molecule has 11 heteroatoms. The largest absolute Gasteiger partial charge is 0.468 e. The molecule has 1 atom stereocenters. The van der Waals surface area contributed by atoms with Crippen LogP contribution in [0.2, 0.25) is 0 Å². The minimum absolute atomic E-state index is 0. The van der Waals surface area contributed by atoms with E-state index in [0.717, 1.165) is 18.3 Å². The van der Waals surface area contributed by atoms with Gasteiger partial charge >= 0.3 is 6.18 Å².